The van der Waals surface area contributed by atoms with Crippen molar-refractivity contribution in [2.24, 2.45) is 0 Å². The zero-order valence-corrected chi connectivity index (χ0v) is 18.0. The van der Waals surface area contributed by atoms with Crippen molar-refractivity contribution in [2.45, 2.75) is 25.7 Å². The van der Waals surface area contributed by atoms with Crippen LogP contribution in [-0.2, 0) is 10.0 Å². The first-order valence-electron chi connectivity index (χ1n) is 8.25. The van der Waals surface area contributed by atoms with E-state index in [4.69, 9.17) is 16.1 Å². The smallest absolute Gasteiger partial charge is 0.267 e. The molecule has 0 atom stereocenters. The maximum atomic E-state index is 12.8. The van der Waals surface area contributed by atoms with Crippen LogP contribution in [0.5, 0.6) is 0 Å². The summed E-state index contributed by atoms with van der Waals surface area (Å²) in [6.45, 7) is 4.77. The molecule has 0 unspecified atom stereocenters. The number of thiophene rings is 1. The van der Waals surface area contributed by atoms with Crippen molar-refractivity contribution in [1.82, 2.24) is 5.16 Å². The average Bonchev–Trinajstić information content (AvgIpc) is 3.26. The first-order chi connectivity index (χ1) is 13.6. The number of hydrogen-bond donors (Lipinski definition) is 2. The Hall–Kier alpha value is -2.69. The van der Waals surface area contributed by atoms with Crippen LogP contribution >= 0.6 is 22.9 Å². The van der Waals surface area contributed by atoms with Crippen molar-refractivity contribution in [3.63, 3.8) is 0 Å². The van der Waals surface area contributed by atoms with Gasteiger partial charge >= 0.3 is 0 Å². The fourth-order valence-corrected chi connectivity index (χ4v) is 5.00. The number of nitrogens with one attached hydrogen (secondary N) is 2. The number of aromatic nitrogens is 1. The Labute approximate surface area is 175 Å². The molecule has 2 heterocycles. The molecule has 2 aromatic heterocycles. The minimum atomic E-state index is -4.17. The van der Waals surface area contributed by atoms with E-state index in [0.717, 1.165) is 16.9 Å². The molecular formula is C18H16ClN3O5S2. The van der Waals surface area contributed by atoms with Gasteiger partial charge in [0, 0.05) is 5.56 Å². The van der Waals surface area contributed by atoms with Gasteiger partial charge in [-0.2, -0.15) is 0 Å². The van der Waals surface area contributed by atoms with E-state index in [1.54, 1.807) is 25.1 Å². The van der Waals surface area contributed by atoms with Crippen LogP contribution in [0.25, 0.3) is 0 Å². The molecule has 0 bridgehead atoms. The van der Waals surface area contributed by atoms with Crippen LogP contribution in [0.3, 0.4) is 0 Å². The maximum Gasteiger partial charge on any atom is 0.267 e. The largest absolute Gasteiger partial charge is 0.336 e. The van der Waals surface area contributed by atoms with Crippen LogP contribution in [0, 0.1) is 13.8 Å². The van der Waals surface area contributed by atoms with Gasteiger partial charge in [0.1, 0.15) is 20.5 Å². The number of benzene rings is 1. The third-order valence-corrected chi connectivity index (χ3v) is 6.81. The Morgan fingerprint density at radius 1 is 1.21 bits per heavy atom. The van der Waals surface area contributed by atoms with Gasteiger partial charge in [-0.1, -0.05) is 28.4 Å². The van der Waals surface area contributed by atoms with Crippen LogP contribution in [0.2, 0.25) is 5.02 Å². The highest BCUT2D eigenvalue weighted by Gasteiger charge is 2.27. The van der Waals surface area contributed by atoms with Crippen molar-refractivity contribution in [2.75, 3.05) is 10.0 Å². The van der Waals surface area contributed by atoms with E-state index in [1.807, 2.05) is 6.92 Å². The van der Waals surface area contributed by atoms with E-state index in [2.05, 4.69) is 15.2 Å². The second kappa shape index (κ2) is 7.97. The van der Waals surface area contributed by atoms with Crippen LogP contribution in [-0.4, -0.2) is 25.3 Å². The number of halogens is 1. The summed E-state index contributed by atoms with van der Waals surface area (Å²) in [6, 6.07) is 6.28. The molecule has 0 fully saturated rings. The Bertz CT molecular complexity index is 1210. The quantitative estimate of drug-likeness (QED) is 0.538. The molecule has 1 amide bonds. The van der Waals surface area contributed by atoms with Gasteiger partial charge < -0.3 is 9.84 Å². The summed E-state index contributed by atoms with van der Waals surface area (Å²) in [5.74, 6) is -1.12. The molecule has 8 nitrogen and oxygen atoms in total. The van der Waals surface area contributed by atoms with Crippen molar-refractivity contribution in [1.29, 1.82) is 0 Å². The van der Waals surface area contributed by atoms with E-state index in [-0.39, 0.29) is 26.5 Å². The second-order valence-corrected chi connectivity index (χ2v) is 9.13. The lowest BCUT2D eigenvalue weighted by Crippen LogP contribution is -2.19. The molecule has 2 N–H and O–H groups in total. The third-order valence-electron chi connectivity index (χ3n) is 3.95. The monoisotopic (exact) mass is 453 g/mol. The summed E-state index contributed by atoms with van der Waals surface area (Å²) in [4.78, 5) is 24.3. The molecule has 0 saturated carbocycles. The Morgan fingerprint density at radius 2 is 1.93 bits per heavy atom. The summed E-state index contributed by atoms with van der Waals surface area (Å²) in [7, 11) is -4.17. The summed E-state index contributed by atoms with van der Waals surface area (Å²) in [5.41, 5.74) is 1.81. The van der Waals surface area contributed by atoms with Crippen LogP contribution in [0.15, 0.2) is 39.1 Å². The number of carbonyl (C=O) groups excluding carboxylic acids is 2. The number of amides is 1. The summed E-state index contributed by atoms with van der Waals surface area (Å²) < 4.78 is 32.5. The van der Waals surface area contributed by atoms with Gasteiger partial charge in [-0.15, -0.1) is 11.3 Å². The van der Waals surface area contributed by atoms with Gasteiger partial charge in [-0.3, -0.25) is 9.59 Å². The molecule has 3 aromatic rings. The minimum absolute atomic E-state index is 0.0283. The number of nitrogens with zero attached hydrogens (tertiary/aromatic N) is 1. The number of ketones is 1. The van der Waals surface area contributed by atoms with Crippen LogP contribution in [0.1, 0.15) is 38.2 Å². The van der Waals surface area contributed by atoms with E-state index in [0.29, 0.717) is 16.9 Å². The molecule has 152 valence electrons. The number of carbonyl (C=O) groups is 2. The Morgan fingerprint density at radius 3 is 2.55 bits per heavy atom. The molecule has 0 aliphatic carbocycles. The molecule has 29 heavy (non-hydrogen) atoms. The van der Waals surface area contributed by atoms with Crippen molar-refractivity contribution in [3.8, 4) is 0 Å². The van der Waals surface area contributed by atoms with E-state index < -0.39 is 15.9 Å². The summed E-state index contributed by atoms with van der Waals surface area (Å²) >= 11 is 6.90. The van der Waals surface area contributed by atoms with Crippen LogP contribution in [0.4, 0.5) is 11.6 Å². The highest BCUT2D eigenvalue weighted by molar-refractivity contribution is 7.93. The zero-order chi connectivity index (χ0) is 21.3. The first kappa shape index (κ1) is 21.0. The minimum Gasteiger partial charge on any atom is -0.336 e. The maximum absolute atomic E-state index is 12.8. The highest BCUT2D eigenvalue weighted by atomic mass is 35.5. The SMILES string of the molecule is CC(=O)c1cc(C)ccc1NC(=O)c1sccc1S(=O)(=O)Nc1onc(C)c1Cl. The molecule has 1 aromatic carbocycles. The van der Waals surface area contributed by atoms with E-state index in [1.165, 1.54) is 18.4 Å². The van der Waals surface area contributed by atoms with E-state index >= 15 is 0 Å². The Balaban J connectivity index is 1.91. The number of Topliss-reactive ketones (excluding diaryl/α,β-unsaturated/α-hetero) is 1. The lowest BCUT2D eigenvalue weighted by Gasteiger charge is -2.11. The molecule has 0 saturated heterocycles. The van der Waals surface area contributed by atoms with Gasteiger partial charge in [-0.25, -0.2) is 13.1 Å². The molecule has 0 aliphatic heterocycles. The highest BCUT2D eigenvalue weighted by Crippen LogP contribution is 2.30. The van der Waals surface area contributed by atoms with Gasteiger partial charge in [0.15, 0.2) is 5.78 Å². The normalized spacial score (nSPS) is 11.3. The van der Waals surface area contributed by atoms with Gasteiger partial charge in [0.25, 0.3) is 21.8 Å². The molecule has 3 rings (SSSR count). The second-order valence-electron chi connectivity index (χ2n) is 6.19. The predicted molar refractivity (Wildman–Crippen MR) is 111 cm³/mol. The fraction of sp³-hybridized carbons (Fsp3) is 0.167. The standard InChI is InChI=1S/C18H16ClN3O5S2/c1-9-4-5-13(12(8-9)11(3)23)20-17(24)16-14(6-7-28-16)29(25,26)22-18-15(19)10(2)21-27-18/h4-8,22H,1-3H3,(H,20,24). The number of sulfonamides is 1. The number of aryl methyl sites for hydroxylation is 2. The van der Waals surface area contributed by atoms with Gasteiger partial charge in [0.05, 0.1) is 5.69 Å². The molecule has 0 spiro atoms. The number of hydrogen-bond acceptors (Lipinski definition) is 7. The third kappa shape index (κ3) is 4.34. The molecule has 0 radical (unpaired) electrons. The summed E-state index contributed by atoms with van der Waals surface area (Å²) in [6.07, 6.45) is 0. The average molecular weight is 454 g/mol. The fourth-order valence-electron chi connectivity index (χ4n) is 2.51. The molecular weight excluding hydrogens is 438 g/mol. The lowest BCUT2D eigenvalue weighted by atomic mass is 10.1. The van der Waals surface area contributed by atoms with E-state index in [9.17, 15) is 18.0 Å². The van der Waals surface area contributed by atoms with Crippen molar-refractivity contribution < 1.29 is 22.5 Å². The van der Waals surface area contributed by atoms with Crippen molar-refractivity contribution in [3.05, 3.63) is 56.4 Å². The Kier molecular flexibility index (Phi) is 5.78. The van der Waals surface area contributed by atoms with Gasteiger partial charge in [-0.05, 0) is 44.4 Å². The topological polar surface area (TPSA) is 118 Å². The molecule has 11 heteroatoms. The molecule has 0 aliphatic rings. The zero-order valence-electron chi connectivity index (χ0n) is 15.6. The first-order valence-corrected chi connectivity index (χ1v) is 11.0. The summed E-state index contributed by atoms with van der Waals surface area (Å²) in [5, 5.41) is 7.69. The van der Waals surface area contributed by atoms with Gasteiger partial charge in [0.2, 0.25) is 0 Å². The van der Waals surface area contributed by atoms with Crippen molar-refractivity contribution >= 4 is 56.2 Å². The number of anilines is 2. The predicted octanol–water partition coefficient (Wildman–Crippen LogP) is 4.26. The van der Waals surface area contributed by atoms with Crippen LogP contribution < -0.4 is 10.0 Å². The number of rotatable bonds is 6. The lowest BCUT2D eigenvalue weighted by molar-refractivity contribution is 0.101.